The first-order valence-electron chi connectivity index (χ1n) is 15.2. The van der Waals surface area contributed by atoms with E-state index in [4.69, 9.17) is 34.7 Å². The molecule has 1 fully saturated rings. The van der Waals surface area contributed by atoms with Crippen LogP contribution in [-0.4, -0.2) is 93.1 Å². The summed E-state index contributed by atoms with van der Waals surface area (Å²) in [5, 5.41) is 14.2. The molecule has 0 bridgehead atoms. The molecule has 16 nitrogen and oxygen atoms in total. The first-order valence-corrected chi connectivity index (χ1v) is 17.2. The number of nitrogens with zero attached hydrogens (tertiary/aromatic N) is 3. The Labute approximate surface area is 306 Å². The van der Waals surface area contributed by atoms with Crippen LogP contribution >= 0.6 is 23.1 Å². The number of fused-ring (bicyclic) bond motifs is 1. The molecule has 1 aromatic carbocycles. The molecule has 2 aliphatic rings. The molecule has 2 aromatic rings. The van der Waals surface area contributed by atoms with E-state index in [1.807, 2.05) is 0 Å². The Morgan fingerprint density at radius 3 is 2.40 bits per heavy atom. The number of thioether (sulfide) groups is 1. The van der Waals surface area contributed by atoms with Crippen molar-refractivity contribution < 1.29 is 70.5 Å². The van der Waals surface area contributed by atoms with E-state index in [2.05, 4.69) is 15.5 Å². The largest absolute Gasteiger partial charge is 0.490 e. The predicted octanol–water partition coefficient (Wildman–Crippen LogP) is 3.37. The van der Waals surface area contributed by atoms with Gasteiger partial charge in [0.2, 0.25) is 6.79 Å². The highest BCUT2D eigenvalue weighted by molar-refractivity contribution is 8.00. The number of aromatic nitrogens is 1. The van der Waals surface area contributed by atoms with Gasteiger partial charge in [0.05, 0.1) is 5.41 Å². The molecular formula is C31H33F4N5O11S2. The molecule has 2 atom stereocenters. The van der Waals surface area contributed by atoms with E-state index in [9.17, 15) is 41.5 Å². The summed E-state index contributed by atoms with van der Waals surface area (Å²) in [5.41, 5.74) is 4.72. The summed E-state index contributed by atoms with van der Waals surface area (Å²) < 4.78 is 61.4. The number of oxime groups is 1. The zero-order valence-electron chi connectivity index (χ0n) is 28.4. The smallest absolute Gasteiger partial charge is 0.489 e. The van der Waals surface area contributed by atoms with E-state index >= 15 is 0 Å². The molecule has 0 radical (unpaired) electrons. The SMILES string of the molecule is CCCC(=O)ON=C(C(=O)NC1C(=O)N2C(C(=O)OCOC(=O)C(C)(C)C)=C(COc3cccc(F)c3)CS[C@@H]12)c1csc(N)n1.O=C(O)C(F)(F)F. The van der Waals surface area contributed by atoms with E-state index in [1.54, 1.807) is 27.7 Å². The van der Waals surface area contributed by atoms with Gasteiger partial charge in [0.15, 0.2) is 10.8 Å². The molecule has 1 saturated heterocycles. The quantitative estimate of drug-likeness (QED) is 0.0533. The van der Waals surface area contributed by atoms with Crippen LogP contribution in [0, 0.1) is 11.2 Å². The van der Waals surface area contributed by atoms with E-state index in [0.717, 1.165) is 22.3 Å². The minimum absolute atomic E-state index is 0.0370. The lowest BCUT2D eigenvalue weighted by atomic mass is 9.98. The number of nitrogens with two attached hydrogens (primary N) is 1. The molecule has 22 heteroatoms. The molecule has 0 saturated carbocycles. The monoisotopic (exact) mass is 791 g/mol. The van der Waals surface area contributed by atoms with Crippen molar-refractivity contribution in [3.63, 3.8) is 0 Å². The Bertz CT molecular complexity index is 1790. The Morgan fingerprint density at radius 1 is 1.15 bits per heavy atom. The number of thiazole rings is 1. The average molecular weight is 792 g/mol. The minimum atomic E-state index is -5.08. The number of aliphatic carboxylic acids is 1. The number of nitrogen functional groups attached to an aromatic ring is 1. The van der Waals surface area contributed by atoms with Crippen LogP contribution in [0.5, 0.6) is 5.75 Å². The lowest BCUT2D eigenvalue weighted by Gasteiger charge is -2.49. The zero-order valence-corrected chi connectivity index (χ0v) is 30.0. The van der Waals surface area contributed by atoms with Gasteiger partial charge < -0.3 is 35.2 Å². The highest BCUT2D eigenvalue weighted by Gasteiger charge is 2.55. The average Bonchev–Trinajstić information content (AvgIpc) is 3.50. The van der Waals surface area contributed by atoms with Crippen molar-refractivity contribution in [3.8, 4) is 5.75 Å². The number of carbonyl (C=O) groups is 6. The van der Waals surface area contributed by atoms with Gasteiger partial charge in [-0.25, -0.2) is 23.8 Å². The van der Waals surface area contributed by atoms with Crippen LogP contribution in [0.2, 0.25) is 0 Å². The standard InChI is InChI=1S/C29H32FN5O9S2.C2HF3O2/c1-5-7-19(36)44-34-20(18-13-46-28(31)32-18)23(37)33-21-24(38)35-22(26(39)42-14-43-27(40)29(2,3)4)15(12-45-25(21)35)11-41-17-9-6-8-16(30)10-17;3-2(4,5)1(6)7/h6,8-10,13,21,25H,5,7,11-12,14H2,1-4H3,(H2,31,32)(H,33,37);(H,6,7)/t21?,25-;/m0./s1. The van der Waals surface area contributed by atoms with Crippen LogP contribution < -0.4 is 15.8 Å². The van der Waals surface area contributed by atoms with Crippen LogP contribution in [0.1, 0.15) is 46.2 Å². The van der Waals surface area contributed by atoms with Gasteiger partial charge in [0.25, 0.3) is 11.8 Å². The van der Waals surface area contributed by atoms with Gasteiger partial charge in [0.1, 0.15) is 41.0 Å². The molecule has 53 heavy (non-hydrogen) atoms. The van der Waals surface area contributed by atoms with Crippen molar-refractivity contribution in [1.82, 2.24) is 15.2 Å². The van der Waals surface area contributed by atoms with Crippen molar-refractivity contribution in [3.05, 3.63) is 52.4 Å². The first-order chi connectivity index (χ1) is 24.7. The molecule has 2 amide bonds. The predicted molar refractivity (Wildman–Crippen MR) is 178 cm³/mol. The molecule has 3 heterocycles. The maximum atomic E-state index is 13.7. The van der Waals surface area contributed by atoms with Gasteiger partial charge in [-0.1, -0.05) is 18.1 Å². The number of amides is 2. The highest BCUT2D eigenvalue weighted by atomic mass is 32.2. The number of nitrogens with one attached hydrogen (secondary N) is 1. The lowest BCUT2D eigenvalue weighted by molar-refractivity contribution is -0.192. The zero-order chi connectivity index (χ0) is 39.7. The topological polar surface area (TPSA) is 226 Å². The number of rotatable bonds is 12. The van der Waals surface area contributed by atoms with E-state index in [0.29, 0.717) is 12.0 Å². The van der Waals surface area contributed by atoms with Crippen molar-refractivity contribution in [2.75, 3.05) is 24.9 Å². The highest BCUT2D eigenvalue weighted by Crippen LogP contribution is 2.41. The number of benzene rings is 1. The Balaban J connectivity index is 0.000000980. The van der Waals surface area contributed by atoms with Crippen LogP contribution in [0.3, 0.4) is 0 Å². The Kier molecular flexibility index (Phi) is 14.3. The number of anilines is 1. The second kappa shape index (κ2) is 18.0. The molecule has 0 spiro atoms. The summed E-state index contributed by atoms with van der Waals surface area (Å²) in [6, 6.07) is 4.28. The summed E-state index contributed by atoms with van der Waals surface area (Å²) in [7, 11) is 0. The molecular weight excluding hydrogens is 758 g/mol. The lowest BCUT2D eigenvalue weighted by Crippen LogP contribution is -2.71. The molecule has 288 valence electrons. The number of alkyl halides is 3. The Morgan fingerprint density at radius 2 is 1.83 bits per heavy atom. The van der Waals surface area contributed by atoms with Crippen molar-refractivity contribution in [1.29, 1.82) is 0 Å². The number of hydrogen-bond donors (Lipinski definition) is 3. The van der Waals surface area contributed by atoms with Crippen molar-refractivity contribution in [2.45, 2.75) is 58.1 Å². The third kappa shape index (κ3) is 11.6. The van der Waals surface area contributed by atoms with Gasteiger partial charge in [-0.15, -0.1) is 23.1 Å². The number of esters is 2. The second-order valence-corrected chi connectivity index (χ2v) is 13.8. The van der Waals surface area contributed by atoms with Crippen LogP contribution in [-0.2, 0) is 43.1 Å². The fourth-order valence-electron chi connectivity index (χ4n) is 4.09. The summed E-state index contributed by atoms with van der Waals surface area (Å²) in [6.07, 6.45) is -4.52. The van der Waals surface area contributed by atoms with E-state index in [1.165, 1.54) is 35.3 Å². The van der Waals surface area contributed by atoms with E-state index < -0.39 is 71.3 Å². The number of β-lactam (4-membered cyclic amide) rings is 1. The summed E-state index contributed by atoms with van der Waals surface area (Å²) in [6.45, 7) is 5.77. The fraction of sp³-hybridized carbons (Fsp3) is 0.419. The summed E-state index contributed by atoms with van der Waals surface area (Å²) >= 11 is 2.26. The van der Waals surface area contributed by atoms with Crippen LogP contribution in [0.4, 0.5) is 22.7 Å². The van der Waals surface area contributed by atoms with Crippen molar-refractivity contribution in [2.24, 2.45) is 10.6 Å². The molecule has 2 aliphatic heterocycles. The van der Waals surface area contributed by atoms with Crippen LogP contribution in [0.15, 0.2) is 46.1 Å². The second-order valence-electron chi connectivity index (χ2n) is 11.8. The summed E-state index contributed by atoms with van der Waals surface area (Å²) in [4.78, 5) is 83.1. The minimum Gasteiger partial charge on any atom is -0.489 e. The van der Waals surface area contributed by atoms with Gasteiger partial charge in [-0.05, 0) is 39.3 Å². The maximum Gasteiger partial charge on any atom is 0.490 e. The van der Waals surface area contributed by atoms with E-state index in [-0.39, 0.29) is 46.8 Å². The molecule has 0 aliphatic carbocycles. The fourth-order valence-corrected chi connectivity index (χ4v) is 5.96. The van der Waals surface area contributed by atoms with Crippen LogP contribution in [0.25, 0.3) is 0 Å². The molecule has 4 N–H and O–H groups in total. The molecule has 4 rings (SSSR count). The van der Waals surface area contributed by atoms with Gasteiger partial charge >= 0.3 is 30.1 Å². The number of carboxylic acid groups (broad SMARTS) is 1. The number of carbonyl (C=O) groups excluding carboxylic acids is 5. The molecule has 1 unspecified atom stereocenters. The third-order valence-electron chi connectivity index (χ3n) is 6.64. The number of hydrogen-bond acceptors (Lipinski definition) is 15. The third-order valence-corrected chi connectivity index (χ3v) is 8.66. The number of halogens is 4. The van der Waals surface area contributed by atoms with Gasteiger partial charge in [-0.2, -0.15) is 13.2 Å². The number of ether oxygens (including phenoxy) is 3. The van der Waals surface area contributed by atoms with Crippen molar-refractivity contribution >= 4 is 69.6 Å². The Hall–Kier alpha value is -5.25. The normalized spacial score (nSPS) is 17.0. The molecule has 1 aromatic heterocycles. The van der Waals surface area contributed by atoms with Gasteiger partial charge in [-0.3, -0.25) is 19.3 Å². The van der Waals surface area contributed by atoms with Gasteiger partial charge in [0, 0.05) is 29.2 Å². The summed E-state index contributed by atoms with van der Waals surface area (Å²) in [5.74, 6) is -6.68. The maximum absolute atomic E-state index is 13.7. The number of carboxylic acids is 1. The first kappa shape index (κ1) is 42.2.